The van der Waals surface area contributed by atoms with E-state index in [-0.39, 0.29) is 13.2 Å². The molecule has 0 aliphatic carbocycles. The molecule has 0 saturated heterocycles. The lowest BCUT2D eigenvalue weighted by Crippen LogP contribution is -2.01. The fraction of sp³-hybridized carbons (Fsp3) is 0.500. The van der Waals surface area contributed by atoms with Crippen LogP contribution < -0.4 is 0 Å². The quantitative estimate of drug-likeness (QED) is 0.310. The van der Waals surface area contributed by atoms with Crippen LogP contribution in [-0.4, -0.2) is 18.5 Å². The molecule has 6 heteroatoms. The maximum absolute atomic E-state index is 11.4. The summed E-state index contributed by atoms with van der Waals surface area (Å²) in [6, 6.07) is 0. The minimum Gasteiger partial charge on any atom is -0.281 e. The van der Waals surface area contributed by atoms with E-state index in [2.05, 4.69) is 17.8 Å². The molecular formula is C8H15O5P. The lowest BCUT2D eigenvalue weighted by molar-refractivity contribution is -0.165. The Balaban J connectivity index is 4.11. The Labute approximate surface area is 83.5 Å². The molecule has 1 N–H and O–H groups in total. The molecule has 0 heterocycles. The topological polar surface area (TPSA) is 65.0 Å². The zero-order valence-electron chi connectivity index (χ0n) is 8.36. The normalized spacial score (nSPS) is 11.4. The van der Waals surface area contributed by atoms with Crippen LogP contribution in [0.1, 0.15) is 13.8 Å². The Kier molecular flexibility index (Phi) is 5.92. The predicted octanol–water partition coefficient (Wildman–Crippen LogP) is 2.77. The van der Waals surface area contributed by atoms with Gasteiger partial charge in [-0.25, -0.2) is 9.82 Å². The lowest BCUT2D eigenvalue weighted by Gasteiger charge is -2.13. The van der Waals surface area contributed by atoms with Crippen LogP contribution in [0.25, 0.3) is 0 Å². The van der Waals surface area contributed by atoms with Crippen LogP contribution in [0.15, 0.2) is 24.3 Å². The Morgan fingerprint density at radius 3 is 1.79 bits per heavy atom. The fourth-order valence-corrected chi connectivity index (χ4v) is 1.39. The van der Waals surface area contributed by atoms with Crippen LogP contribution >= 0.6 is 7.82 Å². The van der Waals surface area contributed by atoms with Crippen molar-refractivity contribution in [1.82, 2.24) is 0 Å². The monoisotopic (exact) mass is 222 g/mol. The third-order valence-electron chi connectivity index (χ3n) is 1.04. The Hall–Kier alpha value is -0.450. The van der Waals surface area contributed by atoms with E-state index in [9.17, 15) is 4.57 Å². The van der Waals surface area contributed by atoms with Crippen LogP contribution in [0.3, 0.4) is 0 Å². The third-order valence-corrected chi connectivity index (χ3v) is 2.13. The summed E-state index contributed by atoms with van der Waals surface area (Å²) in [7, 11) is -3.87. The number of rotatable bonds is 7. The number of phosphoric ester groups is 1. The van der Waals surface area contributed by atoms with Crippen LogP contribution in [0, 0.1) is 0 Å². The first-order valence-electron chi connectivity index (χ1n) is 3.90. The second-order valence-corrected chi connectivity index (χ2v) is 4.56. The molecule has 5 nitrogen and oxygen atoms in total. The standard InChI is InChI=1S/C8H15O5P/c1-7(2)5-11-14(10,13-9)12-6-8(3)4/h9H,1,3,5-6H2,2,4H3. The molecule has 0 aliphatic heterocycles. The fourth-order valence-electron chi connectivity index (χ4n) is 0.463. The second kappa shape index (κ2) is 6.11. The zero-order chi connectivity index (χ0) is 11.2. The SMILES string of the molecule is C=C(C)COP(=O)(OO)OCC(=C)C. The van der Waals surface area contributed by atoms with E-state index in [0.717, 1.165) is 0 Å². The highest BCUT2D eigenvalue weighted by Gasteiger charge is 2.26. The van der Waals surface area contributed by atoms with Crippen molar-refractivity contribution >= 4 is 7.82 Å². The van der Waals surface area contributed by atoms with Crippen molar-refractivity contribution in [2.24, 2.45) is 0 Å². The van der Waals surface area contributed by atoms with E-state index >= 15 is 0 Å². The van der Waals surface area contributed by atoms with Gasteiger partial charge >= 0.3 is 7.82 Å². The number of hydrogen-bond donors (Lipinski definition) is 1. The molecule has 0 rings (SSSR count). The van der Waals surface area contributed by atoms with Gasteiger partial charge in [0.2, 0.25) is 0 Å². The minimum atomic E-state index is -3.87. The summed E-state index contributed by atoms with van der Waals surface area (Å²) < 4.78 is 24.5. The first-order chi connectivity index (χ1) is 6.39. The van der Waals surface area contributed by atoms with Gasteiger partial charge in [-0.05, 0) is 13.8 Å². The molecule has 0 bridgehead atoms. The summed E-state index contributed by atoms with van der Waals surface area (Å²) in [6.45, 7) is 10.4. The molecular weight excluding hydrogens is 207 g/mol. The molecule has 0 atom stereocenters. The van der Waals surface area contributed by atoms with Crippen molar-refractivity contribution in [3.8, 4) is 0 Å². The Morgan fingerprint density at radius 2 is 1.57 bits per heavy atom. The van der Waals surface area contributed by atoms with Gasteiger partial charge in [0, 0.05) is 0 Å². The molecule has 0 aromatic carbocycles. The summed E-state index contributed by atoms with van der Waals surface area (Å²) in [5, 5.41) is 8.34. The maximum Gasteiger partial charge on any atom is 0.502 e. The molecule has 0 aliphatic rings. The molecule has 0 aromatic heterocycles. The van der Waals surface area contributed by atoms with Crippen LogP contribution in [0.5, 0.6) is 0 Å². The van der Waals surface area contributed by atoms with Gasteiger partial charge in [-0.2, -0.15) is 0 Å². The van der Waals surface area contributed by atoms with Gasteiger partial charge in [0.15, 0.2) is 0 Å². The van der Waals surface area contributed by atoms with E-state index in [1.54, 1.807) is 13.8 Å². The third kappa shape index (κ3) is 6.07. The summed E-state index contributed by atoms with van der Waals surface area (Å²) >= 11 is 0. The van der Waals surface area contributed by atoms with Crippen molar-refractivity contribution in [3.05, 3.63) is 24.3 Å². The average Bonchev–Trinajstić information content (AvgIpc) is 2.11. The lowest BCUT2D eigenvalue weighted by atomic mass is 10.4. The summed E-state index contributed by atoms with van der Waals surface area (Å²) in [4.78, 5) is 0. The smallest absolute Gasteiger partial charge is 0.281 e. The minimum absolute atomic E-state index is 0.00592. The molecule has 0 spiro atoms. The highest BCUT2D eigenvalue weighted by atomic mass is 31.2. The van der Waals surface area contributed by atoms with Gasteiger partial charge in [-0.1, -0.05) is 24.3 Å². The van der Waals surface area contributed by atoms with Gasteiger partial charge in [0.05, 0.1) is 13.2 Å². The van der Waals surface area contributed by atoms with E-state index in [4.69, 9.17) is 14.3 Å². The summed E-state index contributed by atoms with van der Waals surface area (Å²) in [6.07, 6.45) is 0. The van der Waals surface area contributed by atoms with Crippen molar-refractivity contribution < 1.29 is 23.5 Å². The molecule has 0 amide bonds. The van der Waals surface area contributed by atoms with E-state index in [0.29, 0.717) is 11.1 Å². The van der Waals surface area contributed by atoms with Gasteiger partial charge in [0.25, 0.3) is 0 Å². The largest absolute Gasteiger partial charge is 0.502 e. The van der Waals surface area contributed by atoms with Gasteiger partial charge in [0.1, 0.15) is 0 Å². The molecule has 0 fully saturated rings. The van der Waals surface area contributed by atoms with E-state index in [1.807, 2.05) is 0 Å². The molecule has 82 valence electrons. The summed E-state index contributed by atoms with van der Waals surface area (Å²) in [5.74, 6) is 0. The number of hydrogen-bond acceptors (Lipinski definition) is 5. The Bertz CT molecular complexity index is 238. The second-order valence-electron chi connectivity index (χ2n) is 2.99. The number of phosphoric acid groups is 1. The zero-order valence-corrected chi connectivity index (χ0v) is 9.25. The highest BCUT2D eigenvalue weighted by molar-refractivity contribution is 7.48. The summed E-state index contributed by atoms with van der Waals surface area (Å²) in [5.41, 5.74) is 1.28. The van der Waals surface area contributed by atoms with E-state index < -0.39 is 7.82 Å². The van der Waals surface area contributed by atoms with Crippen molar-refractivity contribution in [3.63, 3.8) is 0 Å². The van der Waals surface area contributed by atoms with Crippen LogP contribution in [0.4, 0.5) is 0 Å². The predicted molar refractivity (Wildman–Crippen MR) is 52.9 cm³/mol. The average molecular weight is 222 g/mol. The first kappa shape index (κ1) is 13.5. The maximum atomic E-state index is 11.4. The van der Waals surface area contributed by atoms with Gasteiger partial charge in [-0.15, -0.1) is 4.67 Å². The Morgan fingerprint density at radius 1 is 1.21 bits per heavy atom. The van der Waals surface area contributed by atoms with Crippen LogP contribution in [0.2, 0.25) is 0 Å². The van der Waals surface area contributed by atoms with Crippen molar-refractivity contribution in [1.29, 1.82) is 0 Å². The van der Waals surface area contributed by atoms with Crippen molar-refractivity contribution in [2.45, 2.75) is 13.8 Å². The molecule has 0 aromatic rings. The van der Waals surface area contributed by atoms with Gasteiger partial charge < -0.3 is 0 Å². The molecule has 14 heavy (non-hydrogen) atoms. The van der Waals surface area contributed by atoms with Gasteiger partial charge in [-0.3, -0.25) is 9.05 Å². The highest BCUT2D eigenvalue weighted by Crippen LogP contribution is 2.48. The molecule has 0 unspecified atom stereocenters. The molecule has 0 radical (unpaired) electrons. The first-order valence-corrected chi connectivity index (χ1v) is 5.37. The molecule has 0 saturated carbocycles. The van der Waals surface area contributed by atoms with Crippen LogP contribution in [-0.2, 0) is 18.3 Å². The van der Waals surface area contributed by atoms with E-state index in [1.165, 1.54) is 0 Å². The van der Waals surface area contributed by atoms with Crippen molar-refractivity contribution in [2.75, 3.05) is 13.2 Å².